The van der Waals surface area contributed by atoms with Crippen molar-refractivity contribution in [3.05, 3.63) is 46.1 Å². The van der Waals surface area contributed by atoms with E-state index < -0.39 is 34.0 Å². The van der Waals surface area contributed by atoms with Gasteiger partial charge in [0, 0.05) is 6.26 Å². The summed E-state index contributed by atoms with van der Waals surface area (Å²) >= 11 is 5.87. The van der Waals surface area contributed by atoms with Crippen LogP contribution in [0.15, 0.2) is 23.2 Å². The van der Waals surface area contributed by atoms with Crippen molar-refractivity contribution in [3.63, 3.8) is 0 Å². The number of aromatic nitrogens is 2. The predicted molar refractivity (Wildman–Crippen MR) is 93.3 cm³/mol. The van der Waals surface area contributed by atoms with Crippen molar-refractivity contribution < 1.29 is 21.9 Å². The number of rotatable bonds is 5. The number of aromatic amines is 1. The third-order valence-electron chi connectivity index (χ3n) is 4.39. The van der Waals surface area contributed by atoms with Gasteiger partial charge in [-0.15, -0.1) is 0 Å². The van der Waals surface area contributed by atoms with Crippen molar-refractivity contribution in [1.82, 2.24) is 9.97 Å². The molecule has 9 heteroatoms. The quantitative estimate of drug-likeness (QED) is 0.820. The third-order valence-corrected chi connectivity index (χ3v) is 5.78. The first kappa shape index (κ1) is 19.3. The van der Waals surface area contributed by atoms with Crippen LogP contribution in [0.1, 0.15) is 42.4 Å². The monoisotopic (exact) mass is 404 g/mol. The number of benzene rings is 1. The molecule has 3 rings (SSSR count). The van der Waals surface area contributed by atoms with E-state index in [4.69, 9.17) is 16.3 Å². The molecule has 0 bridgehead atoms. The van der Waals surface area contributed by atoms with Crippen LogP contribution >= 0.6 is 11.6 Å². The number of alkyl halides is 1. The maximum atomic E-state index is 14.1. The average Bonchev–Trinajstić information content (AvgIpc) is 3.13. The summed E-state index contributed by atoms with van der Waals surface area (Å²) in [5.41, 5.74) is 0.817. The van der Waals surface area contributed by atoms with Gasteiger partial charge in [0.05, 0.1) is 16.8 Å². The fourth-order valence-corrected chi connectivity index (χ4v) is 4.20. The summed E-state index contributed by atoms with van der Waals surface area (Å²) in [4.78, 5) is 7.05. The molecule has 1 aliphatic carbocycles. The number of halogens is 3. The van der Waals surface area contributed by atoms with E-state index >= 15 is 0 Å². The minimum absolute atomic E-state index is 0.0995. The highest BCUT2D eigenvalue weighted by Crippen LogP contribution is 2.34. The maximum absolute atomic E-state index is 14.1. The van der Waals surface area contributed by atoms with Gasteiger partial charge in [-0.3, -0.25) is 0 Å². The van der Waals surface area contributed by atoms with Crippen molar-refractivity contribution in [1.29, 1.82) is 0 Å². The van der Waals surface area contributed by atoms with Crippen LogP contribution in [0.4, 0.5) is 8.78 Å². The minimum Gasteiger partial charge on any atom is -0.359 e. The standard InChI is InChI=1S/C17H19ClF2N2O3S/c1-9-17(26(2,23)24)22-16(21-9)15(25-14-5-3-4-13(14)20)10-6-7-12(19)11(18)8-10/h6-8,13-15H,3-5H2,1-2H3,(H,21,22)/t13-,14-,15?/m1/s1. The first-order valence-electron chi connectivity index (χ1n) is 8.18. The van der Waals surface area contributed by atoms with Gasteiger partial charge in [0.2, 0.25) is 0 Å². The lowest BCUT2D eigenvalue weighted by Crippen LogP contribution is -2.23. The Morgan fingerprint density at radius 1 is 1.38 bits per heavy atom. The number of imidazole rings is 1. The van der Waals surface area contributed by atoms with Crippen molar-refractivity contribution in [3.8, 4) is 0 Å². The van der Waals surface area contributed by atoms with Gasteiger partial charge < -0.3 is 9.72 Å². The molecule has 0 saturated heterocycles. The van der Waals surface area contributed by atoms with Gasteiger partial charge in [-0.25, -0.2) is 22.2 Å². The van der Waals surface area contributed by atoms with Crippen LogP contribution in [0, 0.1) is 12.7 Å². The van der Waals surface area contributed by atoms with Crippen LogP contribution in [0.5, 0.6) is 0 Å². The number of ether oxygens (including phenoxy) is 1. The predicted octanol–water partition coefficient (Wildman–Crippen LogP) is 3.91. The Kier molecular flexibility index (Phi) is 5.37. The first-order chi connectivity index (χ1) is 12.2. The zero-order valence-electron chi connectivity index (χ0n) is 14.3. The highest BCUT2D eigenvalue weighted by Gasteiger charge is 2.33. The third kappa shape index (κ3) is 3.92. The molecule has 3 atom stereocenters. The number of hydrogen-bond acceptors (Lipinski definition) is 4. The Labute approximate surface area is 155 Å². The molecule has 1 aromatic heterocycles. The van der Waals surface area contributed by atoms with Gasteiger partial charge in [0.1, 0.15) is 23.9 Å². The molecule has 26 heavy (non-hydrogen) atoms. The highest BCUT2D eigenvalue weighted by molar-refractivity contribution is 7.90. The summed E-state index contributed by atoms with van der Waals surface area (Å²) in [6, 6.07) is 4.02. The summed E-state index contributed by atoms with van der Waals surface area (Å²) in [6.07, 6.45) is 0.0741. The van der Waals surface area contributed by atoms with E-state index in [0.717, 1.165) is 6.26 Å². The number of aryl methyl sites for hydroxylation is 1. The van der Waals surface area contributed by atoms with Crippen molar-refractivity contribution in [2.75, 3.05) is 6.26 Å². The molecule has 1 unspecified atom stereocenters. The summed E-state index contributed by atoms with van der Waals surface area (Å²) in [5.74, 6) is -0.379. The zero-order valence-corrected chi connectivity index (χ0v) is 15.9. The van der Waals surface area contributed by atoms with Gasteiger partial charge in [-0.2, -0.15) is 0 Å². The number of H-pyrrole nitrogens is 1. The topological polar surface area (TPSA) is 72.0 Å². The lowest BCUT2D eigenvalue weighted by atomic mass is 10.1. The second-order valence-corrected chi connectivity index (χ2v) is 8.84. The van der Waals surface area contributed by atoms with E-state index in [1.165, 1.54) is 18.2 Å². The van der Waals surface area contributed by atoms with Crippen LogP contribution in [-0.4, -0.2) is 36.9 Å². The van der Waals surface area contributed by atoms with Crippen molar-refractivity contribution >= 4 is 21.4 Å². The number of hydrogen-bond donors (Lipinski definition) is 1. The molecule has 1 heterocycles. The van der Waals surface area contributed by atoms with Gasteiger partial charge >= 0.3 is 0 Å². The Morgan fingerprint density at radius 2 is 2.12 bits per heavy atom. The highest BCUT2D eigenvalue weighted by atomic mass is 35.5. The second-order valence-electron chi connectivity index (χ2n) is 6.50. The SMILES string of the molecule is Cc1[nH]c(C(O[C@@H]2CCC[C@H]2F)c2ccc(F)c(Cl)c2)nc1S(C)(=O)=O. The van der Waals surface area contributed by atoms with E-state index in [-0.39, 0.29) is 15.9 Å². The second kappa shape index (κ2) is 7.25. The molecule has 1 saturated carbocycles. The Hall–Kier alpha value is -1.51. The largest absolute Gasteiger partial charge is 0.359 e. The smallest absolute Gasteiger partial charge is 0.194 e. The Morgan fingerprint density at radius 3 is 2.65 bits per heavy atom. The fraction of sp³-hybridized carbons (Fsp3) is 0.471. The molecule has 1 aliphatic rings. The number of nitrogens with zero attached hydrogens (tertiary/aromatic N) is 1. The fourth-order valence-electron chi connectivity index (χ4n) is 3.14. The molecular weight excluding hydrogens is 386 g/mol. The molecule has 142 valence electrons. The van der Waals surface area contributed by atoms with Crippen LogP contribution in [0.25, 0.3) is 0 Å². The van der Waals surface area contributed by atoms with Gasteiger partial charge in [-0.1, -0.05) is 17.7 Å². The zero-order chi connectivity index (χ0) is 19.1. The van der Waals surface area contributed by atoms with Gasteiger partial charge in [-0.05, 0) is 43.9 Å². The average molecular weight is 405 g/mol. The Bertz CT molecular complexity index is 917. The summed E-state index contributed by atoms with van der Waals surface area (Å²) in [7, 11) is -3.54. The number of nitrogens with one attached hydrogen (secondary N) is 1. The number of sulfone groups is 1. The van der Waals surface area contributed by atoms with Gasteiger partial charge in [0.25, 0.3) is 0 Å². The molecule has 1 N–H and O–H groups in total. The van der Waals surface area contributed by atoms with E-state index in [0.29, 0.717) is 30.5 Å². The molecule has 0 aliphatic heterocycles. The first-order valence-corrected chi connectivity index (χ1v) is 10.4. The van der Waals surface area contributed by atoms with E-state index in [1.807, 2.05) is 0 Å². The molecule has 0 radical (unpaired) electrons. The maximum Gasteiger partial charge on any atom is 0.194 e. The molecule has 0 amide bonds. The van der Waals surface area contributed by atoms with Crippen molar-refractivity contribution in [2.45, 2.75) is 49.6 Å². The van der Waals surface area contributed by atoms with Crippen LogP contribution in [0.3, 0.4) is 0 Å². The van der Waals surface area contributed by atoms with Crippen LogP contribution in [-0.2, 0) is 14.6 Å². The normalized spacial score (nSPS) is 21.9. The van der Waals surface area contributed by atoms with Crippen LogP contribution < -0.4 is 0 Å². The van der Waals surface area contributed by atoms with Crippen LogP contribution in [0.2, 0.25) is 5.02 Å². The summed E-state index contributed by atoms with van der Waals surface area (Å²) < 4.78 is 57.2. The molecule has 2 aromatic rings. The molecule has 1 fully saturated rings. The molecule has 1 aromatic carbocycles. The van der Waals surface area contributed by atoms with E-state index in [1.54, 1.807) is 6.92 Å². The minimum atomic E-state index is -3.54. The van der Waals surface area contributed by atoms with E-state index in [2.05, 4.69) is 9.97 Å². The van der Waals surface area contributed by atoms with Crippen molar-refractivity contribution in [2.24, 2.45) is 0 Å². The van der Waals surface area contributed by atoms with E-state index in [9.17, 15) is 17.2 Å². The lowest BCUT2D eigenvalue weighted by molar-refractivity contribution is -0.0258. The summed E-state index contributed by atoms with van der Waals surface area (Å²) in [6.45, 7) is 1.58. The van der Waals surface area contributed by atoms with Gasteiger partial charge in [0.15, 0.2) is 14.9 Å². The molecular formula is C17H19ClF2N2O3S. The summed E-state index contributed by atoms with van der Waals surface area (Å²) in [5, 5.41) is -0.205. The Balaban J connectivity index is 2.04. The molecule has 5 nitrogen and oxygen atoms in total. The molecule has 0 spiro atoms. The lowest BCUT2D eigenvalue weighted by Gasteiger charge is -2.22.